The third-order valence-electron chi connectivity index (χ3n) is 3.62. The van der Waals surface area contributed by atoms with Crippen LogP contribution in [0.1, 0.15) is 16.4 Å². The van der Waals surface area contributed by atoms with Gasteiger partial charge in [0, 0.05) is 42.8 Å². The van der Waals surface area contributed by atoms with Gasteiger partial charge in [0.2, 0.25) is 0 Å². The molecule has 1 fully saturated rings. The number of aromatic nitrogens is 3. The molecule has 21 heavy (non-hydrogen) atoms. The Morgan fingerprint density at radius 3 is 3.14 bits per heavy atom. The molecule has 0 aliphatic carbocycles. The summed E-state index contributed by atoms with van der Waals surface area (Å²) in [6.45, 7) is 6.56. The van der Waals surface area contributed by atoms with Crippen molar-refractivity contribution in [1.29, 1.82) is 0 Å². The molecule has 0 unspecified atom stereocenters. The van der Waals surface area contributed by atoms with Gasteiger partial charge in [0.15, 0.2) is 0 Å². The summed E-state index contributed by atoms with van der Waals surface area (Å²) in [6.07, 6.45) is 4.35. The summed E-state index contributed by atoms with van der Waals surface area (Å²) in [5.74, 6) is 0.474. The predicted molar refractivity (Wildman–Crippen MR) is 82.2 cm³/mol. The Morgan fingerprint density at radius 1 is 1.43 bits per heavy atom. The van der Waals surface area contributed by atoms with Crippen molar-refractivity contribution in [2.75, 3.05) is 26.3 Å². The summed E-state index contributed by atoms with van der Waals surface area (Å²) in [5.41, 5.74) is 2.25. The molecular formula is C15H20N4OS. The molecular weight excluding hydrogens is 284 g/mol. The molecule has 112 valence electrons. The van der Waals surface area contributed by atoms with E-state index in [4.69, 9.17) is 4.74 Å². The van der Waals surface area contributed by atoms with Gasteiger partial charge in [0.1, 0.15) is 6.33 Å². The van der Waals surface area contributed by atoms with Crippen LogP contribution in [0.5, 0.6) is 0 Å². The highest BCUT2D eigenvalue weighted by Gasteiger charge is 2.20. The van der Waals surface area contributed by atoms with Crippen LogP contribution in [0.15, 0.2) is 24.0 Å². The highest BCUT2D eigenvalue weighted by atomic mass is 32.1. The predicted octanol–water partition coefficient (Wildman–Crippen LogP) is 1.93. The molecule has 1 saturated heterocycles. The lowest BCUT2D eigenvalue weighted by atomic mass is 10.0. The Balaban J connectivity index is 1.60. The van der Waals surface area contributed by atoms with Gasteiger partial charge >= 0.3 is 0 Å². The third-order valence-corrected chi connectivity index (χ3v) is 4.44. The molecule has 1 aliphatic heterocycles. The van der Waals surface area contributed by atoms with Gasteiger partial charge in [-0.05, 0) is 19.4 Å². The minimum absolute atomic E-state index is 0.474. The molecule has 6 heteroatoms. The summed E-state index contributed by atoms with van der Waals surface area (Å²) in [4.78, 5) is 15.3. The van der Waals surface area contributed by atoms with Gasteiger partial charge in [-0.25, -0.2) is 15.0 Å². The van der Waals surface area contributed by atoms with E-state index in [0.29, 0.717) is 5.92 Å². The average molecular weight is 304 g/mol. The molecule has 0 aromatic carbocycles. The minimum Gasteiger partial charge on any atom is -0.380 e. The second kappa shape index (κ2) is 7.06. The zero-order chi connectivity index (χ0) is 14.5. The summed E-state index contributed by atoms with van der Waals surface area (Å²) in [5, 5.41) is 3.29. The smallest absolute Gasteiger partial charge is 0.115 e. The number of hydrogen-bond donors (Lipinski definition) is 0. The van der Waals surface area contributed by atoms with Gasteiger partial charge in [-0.3, -0.25) is 4.90 Å². The molecule has 3 heterocycles. The summed E-state index contributed by atoms with van der Waals surface area (Å²) >= 11 is 1.72. The highest BCUT2D eigenvalue weighted by molar-refractivity contribution is 7.09. The molecule has 0 amide bonds. The molecule has 0 radical (unpaired) electrons. The first-order chi connectivity index (χ1) is 10.3. The van der Waals surface area contributed by atoms with E-state index in [1.807, 2.05) is 6.07 Å². The van der Waals surface area contributed by atoms with Gasteiger partial charge < -0.3 is 4.74 Å². The van der Waals surface area contributed by atoms with Crippen molar-refractivity contribution in [3.63, 3.8) is 0 Å². The molecule has 0 bridgehead atoms. The lowest BCUT2D eigenvalue weighted by Crippen LogP contribution is -2.30. The molecule has 0 saturated carbocycles. The first-order valence-electron chi connectivity index (χ1n) is 7.25. The average Bonchev–Trinajstić information content (AvgIpc) is 2.76. The van der Waals surface area contributed by atoms with E-state index in [9.17, 15) is 0 Å². The second-order valence-corrected chi connectivity index (χ2v) is 6.50. The monoisotopic (exact) mass is 304 g/mol. The summed E-state index contributed by atoms with van der Waals surface area (Å²) in [6, 6.07) is 1.99. The van der Waals surface area contributed by atoms with Crippen LogP contribution >= 0.6 is 11.3 Å². The van der Waals surface area contributed by atoms with E-state index in [-0.39, 0.29) is 0 Å². The molecule has 1 atom stereocenters. The number of hydrogen-bond acceptors (Lipinski definition) is 6. The fourth-order valence-electron chi connectivity index (χ4n) is 2.66. The maximum absolute atomic E-state index is 5.75. The van der Waals surface area contributed by atoms with Crippen molar-refractivity contribution in [1.82, 2.24) is 19.9 Å². The molecule has 2 aromatic rings. The molecule has 5 nitrogen and oxygen atoms in total. The largest absolute Gasteiger partial charge is 0.380 e. The number of ether oxygens (including phenoxy) is 1. The minimum atomic E-state index is 0.474. The molecule has 0 spiro atoms. The maximum atomic E-state index is 5.75. The first kappa shape index (κ1) is 14.6. The summed E-state index contributed by atoms with van der Waals surface area (Å²) < 4.78 is 5.75. The first-order valence-corrected chi connectivity index (χ1v) is 8.13. The quantitative estimate of drug-likeness (QED) is 0.864. The van der Waals surface area contributed by atoms with Crippen molar-refractivity contribution in [3.05, 3.63) is 40.4 Å². The molecule has 2 aromatic heterocycles. The van der Waals surface area contributed by atoms with E-state index < -0.39 is 0 Å². The van der Waals surface area contributed by atoms with Crippen LogP contribution in [-0.2, 0) is 17.7 Å². The second-order valence-electron chi connectivity index (χ2n) is 5.44. The van der Waals surface area contributed by atoms with Crippen LogP contribution in [0.3, 0.4) is 0 Å². The van der Waals surface area contributed by atoms with E-state index in [0.717, 1.165) is 50.0 Å². The van der Waals surface area contributed by atoms with Crippen LogP contribution in [-0.4, -0.2) is 46.2 Å². The van der Waals surface area contributed by atoms with Crippen LogP contribution in [0, 0.1) is 12.8 Å². The van der Waals surface area contributed by atoms with Gasteiger partial charge in [-0.15, -0.1) is 11.3 Å². The fourth-order valence-corrected chi connectivity index (χ4v) is 3.27. The van der Waals surface area contributed by atoms with Gasteiger partial charge in [-0.1, -0.05) is 0 Å². The van der Waals surface area contributed by atoms with E-state index in [1.54, 1.807) is 23.9 Å². The zero-order valence-corrected chi connectivity index (χ0v) is 13.1. The van der Waals surface area contributed by atoms with Crippen molar-refractivity contribution in [2.45, 2.75) is 19.9 Å². The topological polar surface area (TPSA) is 51.1 Å². The maximum Gasteiger partial charge on any atom is 0.115 e. The van der Waals surface area contributed by atoms with Crippen LogP contribution in [0.2, 0.25) is 0 Å². The summed E-state index contributed by atoms with van der Waals surface area (Å²) in [7, 11) is 0. The molecule has 0 N–H and O–H groups in total. The van der Waals surface area contributed by atoms with Gasteiger partial charge in [0.25, 0.3) is 0 Å². The van der Waals surface area contributed by atoms with Crippen LogP contribution < -0.4 is 0 Å². The number of rotatable bonds is 4. The van der Waals surface area contributed by atoms with Crippen molar-refractivity contribution in [3.8, 4) is 0 Å². The van der Waals surface area contributed by atoms with Gasteiger partial charge in [-0.2, -0.15) is 0 Å². The third kappa shape index (κ3) is 4.30. The van der Waals surface area contributed by atoms with Crippen LogP contribution in [0.25, 0.3) is 0 Å². The zero-order valence-electron chi connectivity index (χ0n) is 12.2. The van der Waals surface area contributed by atoms with E-state index >= 15 is 0 Å². The molecule has 1 aliphatic rings. The molecule has 3 rings (SSSR count). The number of aryl methyl sites for hydroxylation is 1. The van der Waals surface area contributed by atoms with Crippen molar-refractivity contribution in [2.24, 2.45) is 5.92 Å². The fraction of sp³-hybridized carbons (Fsp3) is 0.533. The number of nitrogens with zero attached hydrogens (tertiary/aromatic N) is 4. The normalized spacial score (nSPS) is 20.3. The Bertz CT molecular complexity index is 560. The Kier molecular flexibility index (Phi) is 4.90. The SMILES string of the molecule is Cc1nc(CN2CCOC[C@@H](Cc3ccncn3)C2)cs1. The van der Waals surface area contributed by atoms with E-state index in [2.05, 4.69) is 32.2 Å². The van der Waals surface area contributed by atoms with E-state index in [1.165, 1.54) is 5.69 Å². The van der Waals surface area contributed by atoms with Crippen molar-refractivity contribution < 1.29 is 4.74 Å². The Morgan fingerprint density at radius 2 is 2.38 bits per heavy atom. The number of thiazole rings is 1. The Hall–Kier alpha value is -1.37. The van der Waals surface area contributed by atoms with Gasteiger partial charge in [0.05, 0.1) is 23.9 Å². The Labute approximate surface area is 129 Å². The van der Waals surface area contributed by atoms with Crippen molar-refractivity contribution >= 4 is 11.3 Å². The lowest BCUT2D eigenvalue weighted by Gasteiger charge is -2.22. The highest BCUT2D eigenvalue weighted by Crippen LogP contribution is 2.16. The lowest BCUT2D eigenvalue weighted by molar-refractivity contribution is 0.121. The standard InChI is InChI=1S/C15H20N4OS/c1-12-18-15(10-21-12)8-19-4-5-20-9-13(7-19)6-14-2-3-16-11-17-14/h2-3,10-11,13H,4-9H2,1H3/t13-/m0/s1. The van der Waals surface area contributed by atoms with Crippen LogP contribution in [0.4, 0.5) is 0 Å².